The molecule has 1 aromatic heterocycles. The van der Waals surface area contributed by atoms with Crippen LogP contribution in [0.4, 0.5) is 0 Å². The molecule has 0 radical (unpaired) electrons. The average molecular weight is 250 g/mol. The van der Waals surface area contributed by atoms with Gasteiger partial charge in [-0.1, -0.05) is 30.3 Å². The highest BCUT2D eigenvalue weighted by Gasteiger charge is 2.20. The van der Waals surface area contributed by atoms with Crippen LogP contribution in [0.15, 0.2) is 35.1 Å². The van der Waals surface area contributed by atoms with Crippen LogP contribution >= 0.6 is 0 Å². The molecule has 0 saturated carbocycles. The van der Waals surface area contributed by atoms with E-state index in [9.17, 15) is 4.79 Å². The lowest BCUT2D eigenvalue weighted by atomic mass is 9.86. The number of rotatable bonds is 1. The molecule has 19 heavy (non-hydrogen) atoms. The van der Waals surface area contributed by atoms with Crippen LogP contribution < -0.4 is 5.56 Å². The van der Waals surface area contributed by atoms with Crippen LogP contribution in [0.5, 0.6) is 0 Å². The molecule has 0 amide bonds. The Labute approximate surface area is 111 Å². The average Bonchev–Trinajstić information content (AvgIpc) is 2.47. The van der Waals surface area contributed by atoms with Crippen molar-refractivity contribution < 1.29 is 0 Å². The van der Waals surface area contributed by atoms with Gasteiger partial charge in [0, 0.05) is 0 Å². The fourth-order valence-electron chi connectivity index (χ4n) is 2.85. The smallest absolute Gasteiger partial charge is 0.257 e. The van der Waals surface area contributed by atoms with E-state index in [0.717, 1.165) is 47.9 Å². The second kappa shape index (κ2) is 4.74. The monoisotopic (exact) mass is 250 g/mol. The van der Waals surface area contributed by atoms with E-state index in [-0.39, 0.29) is 5.56 Å². The standard InChI is InChI=1S/C16H14N2O/c17-10-14-12-8-4-5-9-13(12)15(16(19)18-14)11-6-2-1-3-7-11/h1-3,6-7H,4-5,8-9H2,(H,18,19). The molecule has 1 heterocycles. The number of nitriles is 1. The zero-order valence-corrected chi connectivity index (χ0v) is 10.6. The summed E-state index contributed by atoms with van der Waals surface area (Å²) in [5, 5.41) is 9.16. The Morgan fingerprint density at radius 1 is 1.05 bits per heavy atom. The third-order valence-electron chi connectivity index (χ3n) is 3.71. The first-order chi connectivity index (χ1) is 9.31. The summed E-state index contributed by atoms with van der Waals surface area (Å²) >= 11 is 0. The summed E-state index contributed by atoms with van der Waals surface area (Å²) in [5.74, 6) is 0. The van der Waals surface area contributed by atoms with Crippen molar-refractivity contribution in [3.63, 3.8) is 0 Å². The van der Waals surface area contributed by atoms with Gasteiger partial charge in [0.05, 0.1) is 5.56 Å². The van der Waals surface area contributed by atoms with Gasteiger partial charge in [0.25, 0.3) is 5.56 Å². The Hall–Kier alpha value is -2.34. The van der Waals surface area contributed by atoms with Crippen LogP contribution in [-0.4, -0.2) is 4.98 Å². The summed E-state index contributed by atoms with van der Waals surface area (Å²) in [4.78, 5) is 15.0. The van der Waals surface area contributed by atoms with Crippen molar-refractivity contribution >= 4 is 0 Å². The van der Waals surface area contributed by atoms with Crippen molar-refractivity contribution in [3.8, 4) is 17.2 Å². The van der Waals surface area contributed by atoms with Crippen LogP contribution in [0.3, 0.4) is 0 Å². The highest BCUT2D eigenvalue weighted by molar-refractivity contribution is 5.69. The number of pyridine rings is 1. The first kappa shape index (κ1) is 11.7. The van der Waals surface area contributed by atoms with Crippen molar-refractivity contribution in [2.45, 2.75) is 25.7 Å². The molecule has 0 spiro atoms. The Balaban J connectivity index is 2.32. The van der Waals surface area contributed by atoms with Crippen LogP contribution in [0.25, 0.3) is 11.1 Å². The predicted molar refractivity (Wildman–Crippen MR) is 73.9 cm³/mol. The number of fused-ring (bicyclic) bond motifs is 1. The molecule has 0 unspecified atom stereocenters. The first-order valence-electron chi connectivity index (χ1n) is 6.55. The minimum atomic E-state index is -0.150. The number of hydrogen-bond acceptors (Lipinski definition) is 2. The number of nitrogens with one attached hydrogen (secondary N) is 1. The number of benzene rings is 1. The lowest BCUT2D eigenvalue weighted by Crippen LogP contribution is -2.19. The van der Waals surface area contributed by atoms with E-state index in [1.807, 2.05) is 30.3 Å². The normalized spacial score (nSPS) is 13.6. The van der Waals surface area contributed by atoms with Crippen molar-refractivity contribution in [1.82, 2.24) is 4.98 Å². The summed E-state index contributed by atoms with van der Waals surface area (Å²) in [6, 6.07) is 11.8. The van der Waals surface area contributed by atoms with Crippen LogP contribution in [0, 0.1) is 11.3 Å². The Kier molecular flexibility index (Phi) is 2.92. The molecule has 1 aliphatic carbocycles. The second-order valence-electron chi connectivity index (χ2n) is 4.85. The van der Waals surface area contributed by atoms with Crippen LogP contribution in [-0.2, 0) is 12.8 Å². The molecule has 3 nitrogen and oxygen atoms in total. The molecule has 1 N–H and O–H groups in total. The van der Waals surface area contributed by atoms with Gasteiger partial charge in [-0.15, -0.1) is 0 Å². The van der Waals surface area contributed by atoms with Gasteiger partial charge in [0.2, 0.25) is 0 Å². The molecule has 2 aromatic rings. The maximum atomic E-state index is 12.3. The van der Waals surface area contributed by atoms with E-state index in [4.69, 9.17) is 5.26 Å². The zero-order chi connectivity index (χ0) is 13.2. The molecule has 0 aliphatic heterocycles. The van der Waals surface area contributed by atoms with E-state index in [0.29, 0.717) is 5.69 Å². The number of nitrogens with zero attached hydrogens (tertiary/aromatic N) is 1. The highest BCUT2D eigenvalue weighted by atomic mass is 16.1. The lowest BCUT2D eigenvalue weighted by Gasteiger charge is -2.19. The molecule has 1 aliphatic rings. The lowest BCUT2D eigenvalue weighted by molar-refractivity contribution is 0.680. The van der Waals surface area contributed by atoms with Gasteiger partial charge in [-0.2, -0.15) is 5.26 Å². The van der Waals surface area contributed by atoms with E-state index in [2.05, 4.69) is 11.1 Å². The topological polar surface area (TPSA) is 56.6 Å². The molecular formula is C16H14N2O. The molecule has 0 saturated heterocycles. The maximum Gasteiger partial charge on any atom is 0.257 e. The van der Waals surface area contributed by atoms with Gasteiger partial charge in [-0.25, -0.2) is 0 Å². The number of H-pyrrole nitrogens is 1. The number of aromatic amines is 1. The fourth-order valence-corrected chi connectivity index (χ4v) is 2.85. The number of aromatic nitrogens is 1. The fraction of sp³-hybridized carbons (Fsp3) is 0.250. The number of hydrogen-bond donors (Lipinski definition) is 1. The van der Waals surface area contributed by atoms with Crippen molar-refractivity contribution in [2.75, 3.05) is 0 Å². The summed E-state index contributed by atoms with van der Waals surface area (Å²) in [7, 11) is 0. The van der Waals surface area contributed by atoms with Gasteiger partial charge in [-0.05, 0) is 42.4 Å². The third kappa shape index (κ3) is 1.96. The van der Waals surface area contributed by atoms with Gasteiger partial charge < -0.3 is 4.98 Å². The molecule has 0 fully saturated rings. The summed E-state index contributed by atoms with van der Waals surface area (Å²) in [6.45, 7) is 0. The van der Waals surface area contributed by atoms with Crippen molar-refractivity contribution in [1.29, 1.82) is 5.26 Å². The quantitative estimate of drug-likeness (QED) is 0.846. The Bertz CT molecular complexity index is 708. The van der Waals surface area contributed by atoms with Gasteiger partial charge >= 0.3 is 0 Å². The molecule has 94 valence electrons. The molecule has 3 rings (SSSR count). The van der Waals surface area contributed by atoms with E-state index in [1.54, 1.807) is 0 Å². The summed E-state index contributed by atoms with van der Waals surface area (Å²) in [5.41, 5.74) is 4.08. The van der Waals surface area contributed by atoms with Gasteiger partial charge in [0.1, 0.15) is 11.8 Å². The first-order valence-corrected chi connectivity index (χ1v) is 6.55. The summed E-state index contributed by atoms with van der Waals surface area (Å²) in [6.07, 6.45) is 3.94. The second-order valence-corrected chi connectivity index (χ2v) is 4.85. The minimum absolute atomic E-state index is 0.150. The van der Waals surface area contributed by atoms with Crippen molar-refractivity contribution in [3.05, 3.63) is 57.5 Å². The van der Waals surface area contributed by atoms with E-state index < -0.39 is 0 Å². The molecule has 3 heteroatoms. The third-order valence-corrected chi connectivity index (χ3v) is 3.71. The van der Waals surface area contributed by atoms with Gasteiger partial charge in [-0.3, -0.25) is 4.79 Å². The molecule has 0 bridgehead atoms. The maximum absolute atomic E-state index is 12.3. The molecular weight excluding hydrogens is 236 g/mol. The summed E-state index contributed by atoms with van der Waals surface area (Å²) < 4.78 is 0. The van der Waals surface area contributed by atoms with E-state index >= 15 is 0 Å². The minimum Gasteiger partial charge on any atom is -0.313 e. The van der Waals surface area contributed by atoms with Gasteiger partial charge in [0.15, 0.2) is 0 Å². The Morgan fingerprint density at radius 2 is 1.74 bits per heavy atom. The largest absolute Gasteiger partial charge is 0.313 e. The van der Waals surface area contributed by atoms with E-state index in [1.165, 1.54) is 0 Å². The SMILES string of the molecule is N#Cc1[nH]c(=O)c(-c2ccccc2)c2c1CCCC2. The highest BCUT2D eigenvalue weighted by Crippen LogP contribution is 2.29. The Morgan fingerprint density at radius 3 is 2.42 bits per heavy atom. The van der Waals surface area contributed by atoms with Crippen LogP contribution in [0.2, 0.25) is 0 Å². The van der Waals surface area contributed by atoms with Crippen molar-refractivity contribution in [2.24, 2.45) is 0 Å². The van der Waals surface area contributed by atoms with Crippen LogP contribution in [0.1, 0.15) is 29.7 Å². The zero-order valence-electron chi connectivity index (χ0n) is 10.6. The predicted octanol–water partition coefficient (Wildman–Crippen LogP) is 2.79. The molecule has 1 aromatic carbocycles. The molecule has 0 atom stereocenters.